The van der Waals surface area contributed by atoms with Crippen LogP contribution in [0, 0.1) is 0 Å². The van der Waals surface area contributed by atoms with Gasteiger partial charge >= 0.3 is 5.69 Å². The molecule has 2 heterocycles. The molecule has 0 aromatic carbocycles. The van der Waals surface area contributed by atoms with Crippen molar-refractivity contribution < 1.29 is 0 Å². The fourth-order valence-electron chi connectivity index (χ4n) is 1.77. The van der Waals surface area contributed by atoms with Crippen LogP contribution in [0.5, 0.6) is 0 Å². The van der Waals surface area contributed by atoms with Crippen molar-refractivity contribution in [2.24, 2.45) is 0 Å². The van der Waals surface area contributed by atoms with Crippen LogP contribution >= 0.6 is 0 Å². The van der Waals surface area contributed by atoms with Gasteiger partial charge in [-0.2, -0.15) is 0 Å². The Labute approximate surface area is 109 Å². The Hall–Kier alpha value is -2.57. The van der Waals surface area contributed by atoms with Crippen LogP contribution in [-0.2, 0) is 13.1 Å². The average molecular weight is 261 g/mol. The number of aromatic nitrogens is 3. The predicted molar refractivity (Wildman–Crippen MR) is 73.0 cm³/mol. The van der Waals surface area contributed by atoms with Crippen LogP contribution in [0.3, 0.4) is 0 Å². The summed E-state index contributed by atoms with van der Waals surface area (Å²) in [6.07, 6.45) is 3.36. The molecule has 0 saturated heterocycles. The molecule has 0 saturated carbocycles. The smallest absolute Gasteiger partial charge is 0.330 e. The summed E-state index contributed by atoms with van der Waals surface area (Å²) in [5.74, 6) is 0.139. The second-order valence-corrected chi connectivity index (χ2v) is 3.98. The number of rotatable bonds is 4. The third-order valence-corrected chi connectivity index (χ3v) is 2.75. The van der Waals surface area contributed by atoms with Gasteiger partial charge in [-0.05, 0) is 18.6 Å². The summed E-state index contributed by atoms with van der Waals surface area (Å²) >= 11 is 0. The van der Waals surface area contributed by atoms with Crippen molar-refractivity contribution in [3.05, 3.63) is 50.9 Å². The van der Waals surface area contributed by atoms with E-state index in [0.29, 0.717) is 13.1 Å². The predicted octanol–water partition coefficient (Wildman–Crippen LogP) is 0.146. The third kappa shape index (κ3) is 2.65. The lowest BCUT2D eigenvalue weighted by atomic mass is 10.3. The number of nitrogen functional groups attached to an aromatic ring is 1. The number of pyridine rings is 1. The third-order valence-electron chi connectivity index (χ3n) is 2.75. The van der Waals surface area contributed by atoms with Crippen molar-refractivity contribution in [3.8, 4) is 0 Å². The van der Waals surface area contributed by atoms with E-state index in [1.807, 2.05) is 6.07 Å². The molecular weight excluding hydrogens is 246 g/mol. The highest BCUT2D eigenvalue weighted by Crippen LogP contribution is 2.11. The van der Waals surface area contributed by atoms with Gasteiger partial charge in [0.1, 0.15) is 11.5 Å². The molecule has 100 valence electrons. The molecule has 0 amide bonds. The molecule has 2 rings (SSSR count). The summed E-state index contributed by atoms with van der Waals surface area (Å²) < 4.78 is 1.30. The van der Waals surface area contributed by atoms with Crippen LogP contribution in [0.25, 0.3) is 0 Å². The molecule has 0 spiro atoms. The Morgan fingerprint density at radius 3 is 2.89 bits per heavy atom. The van der Waals surface area contributed by atoms with Gasteiger partial charge < -0.3 is 11.1 Å². The van der Waals surface area contributed by atoms with Gasteiger partial charge in [-0.1, -0.05) is 6.07 Å². The Bertz CT molecular complexity index is 675. The Balaban J connectivity index is 2.31. The molecule has 0 aliphatic carbocycles. The van der Waals surface area contributed by atoms with Gasteiger partial charge in [0.05, 0.1) is 0 Å². The van der Waals surface area contributed by atoms with Crippen LogP contribution in [0.4, 0.5) is 11.5 Å². The first-order valence-electron chi connectivity index (χ1n) is 5.88. The molecule has 0 unspecified atom stereocenters. The van der Waals surface area contributed by atoms with Crippen molar-refractivity contribution in [1.29, 1.82) is 0 Å². The first-order valence-corrected chi connectivity index (χ1v) is 5.88. The lowest BCUT2D eigenvalue weighted by molar-refractivity contribution is 0.706. The maximum absolute atomic E-state index is 11.7. The summed E-state index contributed by atoms with van der Waals surface area (Å²) in [4.78, 5) is 29.4. The normalized spacial score (nSPS) is 10.4. The van der Waals surface area contributed by atoms with Crippen LogP contribution in [0.15, 0.2) is 34.1 Å². The highest BCUT2D eigenvalue weighted by atomic mass is 16.2. The standard InChI is InChI=1S/C12H15N5O2/c1-2-17-10(13)9(11(18)16-12(17)19)15-7-8-4-3-5-14-6-8/h3-6,15H,2,7,13H2,1H3,(H,16,18,19). The molecule has 0 radical (unpaired) electrons. The van der Waals surface area contributed by atoms with E-state index in [-0.39, 0.29) is 11.5 Å². The number of nitrogens with zero attached hydrogens (tertiary/aromatic N) is 2. The maximum atomic E-state index is 11.7. The quantitative estimate of drug-likeness (QED) is 0.726. The van der Waals surface area contributed by atoms with Crippen molar-refractivity contribution >= 4 is 11.5 Å². The van der Waals surface area contributed by atoms with Gasteiger partial charge in [0.2, 0.25) is 0 Å². The first-order chi connectivity index (χ1) is 9.13. The van der Waals surface area contributed by atoms with Gasteiger partial charge in [-0.15, -0.1) is 0 Å². The van der Waals surface area contributed by atoms with Gasteiger partial charge in [0.15, 0.2) is 0 Å². The lowest BCUT2D eigenvalue weighted by Crippen LogP contribution is -2.33. The van der Waals surface area contributed by atoms with Gasteiger partial charge in [-0.25, -0.2) is 4.79 Å². The maximum Gasteiger partial charge on any atom is 0.330 e. The van der Waals surface area contributed by atoms with Crippen LogP contribution in [0.1, 0.15) is 12.5 Å². The van der Waals surface area contributed by atoms with Crippen molar-refractivity contribution in [2.45, 2.75) is 20.0 Å². The number of nitrogens with one attached hydrogen (secondary N) is 2. The number of nitrogens with two attached hydrogens (primary N) is 1. The molecule has 0 aliphatic rings. The molecule has 19 heavy (non-hydrogen) atoms. The second kappa shape index (κ2) is 5.38. The zero-order chi connectivity index (χ0) is 13.8. The molecule has 7 heteroatoms. The number of hydrogen-bond acceptors (Lipinski definition) is 5. The van der Waals surface area contributed by atoms with E-state index in [1.165, 1.54) is 4.57 Å². The zero-order valence-electron chi connectivity index (χ0n) is 10.5. The highest BCUT2D eigenvalue weighted by Gasteiger charge is 2.10. The minimum Gasteiger partial charge on any atom is -0.383 e. The number of hydrogen-bond donors (Lipinski definition) is 3. The molecule has 0 fully saturated rings. The summed E-state index contributed by atoms with van der Waals surface area (Å²) in [5, 5.41) is 2.93. The van der Waals surface area contributed by atoms with Crippen molar-refractivity contribution in [1.82, 2.24) is 14.5 Å². The van der Waals surface area contributed by atoms with E-state index < -0.39 is 11.2 Å². The first kappa shape index (κ1) is 12.9. The summed E-state index contributed by atoms with van der Waals surface area (Å²) in [6, 6.07) is 3.68. The topological polar surface area (TPSA) is 106 Å². The SMILES string of the molecule is CCn1c(N)c(NCc2cccnc2)c(=O)[nH]c1=O. The lowest BCUT2D eigenvalue weighted by Gasteiger charge is -2.12. The number of anilines is 2. The van der Waals surface area contributed by atoms with Crippen molar-refractivity contribution in [2.75, 3.05) is 11.1 Å². The Morgan fingerprint density at radius 1 is 1.47 bits per heavy atom. The number of aromatic amines is 1. The van der Waals surface area contributed by atoms with Crippen molar-refractivity contribution in [3.63, 3.8) is 0 Å². The molecule has 0 bridgehead atoms. The van der Waals surface area contributed by atoms with E-state index in [0.717, 1.165) is 5.56 Å². The van der Waals surface area contributed by atoms with E-state index >= 15 is 0 Å². The van der Waals surface area contributed by atoms with E-state index in [1.54, 1.807) is 25.4 Å². The largest absolute Gasteiger partial charge is 0.383 e. The molecule has 0 atom stereocenters. The van der Waals surface area contributed by atoms with Gasteiger partial charge in [0.25, 0.3) is 5.56 Å². The monoisotopic (exact) mass is 261 g/mol. The molecule has 2 aromatic rings. The average Bonchev–Trinajstić information content (AvgIpc) is 2.39. The van der Waals surface area contributed by atoms with Crippen LogP contribution < -0.4 is 22.3 Å². The highest BCUT2D eigenvalue weighted by molar-refractivity contribution is 5.60. The van der Waals surface area contributed by atoms with E-state index in [9.17, 15) is 9.59 Å². The fraction of sp³-hybridized carbons (Fsp3) is 0.250. The summed E-state index contributed by atoms with van der Waals surface area (Å²) in [5.41, 5.74) is 5.92. The Morgan fingerprint density at radius 2 is 2.26 bits per heavy atom. The van der Waals surface area contributed by atoms with E-state index in [2.05, 4.69) is 15.3 Å². The second-order valence-electron chi connectivity index (χ2n) is 3.98. The summed E-state index contributed by atoms with van der Waals surface area (Å²) in [7, 11) is 0. The van der Waals surface area contributed by atoms with Gasteiger partial charge in [-0.3, -0.25) is 19.3 Å². The van der Waals surface area contributed by atoms with Gasteiger partial charge in [0, 0.05) is 25.5 Å². The molecular formula is C12H15N5O2. The van der Waals surface area contributed by atoms with E-state index in [4.69, 9.17) is 5.73 Å². The van der Waals surface area contributed by atoms with Crippen LogP contribution in [-0.4, -0.2) is 14.5 Å². The fourth-order valence-corrected chi connectivity index (χ4v) is 1.77. The minimum atomic E-state index is -0.518. The molecule has 4 N–H and O–H groups in total. The minimum absolute atomic E-state index is 0.139. The molecule has 2 aromatic heterocycles. The zero-order valence-corrected chi connectivity index (χ0v) is 10.5. The molecule has 0 aliphatic heterocycles. The molecule has 7 nitrogen and oxygen atoms in total. The van der Waals surface area contributed by atoms with Crippen LogP contribution in [0.2, 0.25) is 0 Å². The summed E-state index contributed by atoms with van der Waals surface area (Å²) in [6.45, 7) is 2.58. The number of H-pyrrole nitrogens is 1. The Kier molecular flexibility index (Phi) is 3.65.